The molecule has 0 aliphatic carbocycles. The van der Waals surface area contributed by atoms with Crippen LogP contribution in [0.25, 0.3) is 0 Å². The average Bonchev–Trinajstić information content (AvgIpc) is 2.83. The zero-order valence-electron chi connectivity index (χ0n) is 19.4. The van der Waals surface area contributed by atoms with Gasteiger partial charge in [0.05, 0.1) is 6.54 Å². The third-order valence-corrected chi connectivity index (χ3v) is 6.95. The molecule has 3 amide bonds. The number of hydrogen-bond donors (Lipinski definition) is 0. The van der Waals surface area contributed by atoms with Crippen molar-refractivity contribution in [2.45, 2.75) is 19.4 Å². The van der Waals surface area contributed by atoms with Crippen molar-refractivity contribution in [1.82, 2.24) is 19.6 Å². The van der Waals surface area contributed by atoms with Crippen LogP contribution in [0.2, 0.25) is 0 Å². The molecule has 0 saturated carbocycles. The lowest BCUT2D eigenvalue weighted by molar-refractivity contribution is -0.138. The van der Waals surface area contributed by atoms with Gasteiger partial charge >= 0.3 is 0 Å². The third kappa shape index (κ3) is 5.93. The fourth-order valence-corrected chi connectivity index (χ4v) is 4.98. The highest BCUT2D eigenvalue weighted by Gasteiger charge is 2.33. The van der Waals surface area contributed by atoms with Gasteiger partial charge < -0.3 is 19.4 Å². The Morgan fingerprint density at radius 1 is 1.12 bits per heavy atom. The molecule has 2 saturated heterocycles. The fraction of sp³-hybridized carbons (Fsp3) is 0.560. The van der Waals surface area contributed by atoms with Crippen molar-refractivity contribution in [1.29, 1.82) is 0 Å². The van der Waals surface area contributed by atoms with Crippen LogP contribution in [-0.4, -0.2) is 97.3 Å². The minimum absolute atomic E-state index is 0.118. The summed E-state index contributed by atoms with van der Waals surface area (Å²) < 4.78 is 6.03. The molecule has 2 fully saturated rings. The van der Waals surface area contributed by atoms with Crippen LogP contribution in [0.4, 0.5) is 0 Å². The lowest BCUT2D eigenvalue weighted by Crippen LogP contribution is -2.50. The van der Waals surface area contributed by atoms with Gasteiger partial charge in [0.2, 0.25) is 18.2 Å². The van der Waals surface area contributed by atoms with Crippen LogP contribution in [0, 0.1) is 11.8 Å². The molecule has 0 N–H and O–H groups in total. The van der Waals surface area contributed by atoms with E-state index in [4.69, 9.17) is 4.74 Å². The standard InChI is InChI=1S/C25H34N4O4/c1-26-16-22-5-2-3-7-23(22)33-14-4-6-21-17-29(25(32)18-26)9-8-20(21)15-24(31)28-12-10-27(19-30)11-13-28/h2-7,19-21H,8-18H2,1H3/b6-4+/t20-,21-/m0/s1. The Labute approximate surface area is 195 Å². The van der Waals surface area contributed by atoms with Crippen LogP contribution in [0.1, 0.15) is 18.4 Å². The van der Waals surface area contributed by atoms with E-state index in [1.165, 1.54) is 0 Å². The predicted octanol–water partition coefficient (Wildman–Crippen LogP) is 1.22. The number of likely N-dealkylation sites (N-methyl/N-ethyl adjacent to an activating group) is 1. The Morgan fingerprint density at radius 2 is 1.91 bits per heavy atom. The molecule has 8 nitrogen and oxygen atoms in total. The summed E-state index contributed by atoms with van der Waals surface area (Å²) in [6, 6.07) is 7.95. The zero-order chi connectivity index (χ0) is 23.2. The summed E-state index contributed by atoms with van der Waals surface area (Å²) in [4.78, 5) is 44.5. The van der Waals surface area contributed by atoms with Gasteiger partial charge in [0.1, 0.15) is 12.4 Å². The quantitative estimate of drug-likeness (QED) is 0.507. The first-order valence-corrected chi connectivity index (χ1v) is 11.8. The van der Waals surface area contributed by atoms with Crippen LogP contribution in [0.15, 0.2) is 36.4 Å². The maximum atomic E-state index is 13.0. The van der Waals surface area contributed by atoms with Crippen LogP contribution in [-0.2, 0) is 20.9 Å². The molecule has 0 radical (unpaired) electrons. The Hall–Kier alpha value is -2.87. The summed E-state index contributed by atoms with van der Waals surface area (Å²) in [6.07, 6.45) is 6.29. The van der Waals surface area contributed by atoms with Crippen LogP contribution in [0.5, 0.6) is 5.75 Å². The third-order valence-electron chi connectivity index (χ3n) is 6.95. The number of piperidine rings is 1. The largest absolute Gasteiger partial charge is 0.489 e. The molecule has 3 aliphatic rings. The number of ether oxygens (including phenoxy) is 1. The number of piperazine rings is 1. The molecule has 0 spiro atoms. The average molecular weight is 455 g/mol. The number of para-hydroxylation sites is 1. The predicted molar refractivity (Wildman–Crippen MR) is 124 cm³/mol. The first-order valence-electron chi connectivity index (χ1n) is 11.8. The van der Waals surface area contributed by atoms with Gasteiger partial charge in [0.15, 0.2) is 0 Å². The Balaban J connectivity index is 1.45. The van der Waals surface area contributed by atoms with Gasteiger partial charge in [-0.1, -0.05) is 30.4 Å². The van der Waals surface area contributed by atoms with E-state index in [2.05, 4.69) is 6.08 Å². The molecular weight excluding hydrogens is 420 g/mol. The molecule has 2 atom stereocenters. The summed E-state index contributed by atoms with van der Waals surface area (Å²) in [6.45, 7) is 5.15. The van der Waals surface area contributed by atoms with E-state index < -0.39 is 0 Å². The monoisotopic (exact) mass is 454 g/mol. The number of rotatable bonds is 3. The number of fused-ring (bicyclic) bond motifs is 3. The van der Waals surface area contributed by atoms with Gasteiger partial charge in [-0.2, -0.15) is 0 Å². The molecule has 2 bridgehead atoms. The maximum absolute atomic E-state index is 13.0. The van der Waals surface area contributed by atoms with Crippen LogP contribution < -0.4 is 4.74 Å². The van der Waals surface area contributed by atoms with E-state index >= 15 is 0 Å². The molecule has 33 heavy (non-hydrogen) atoms. The van der Waals surface area contributed by atoms with Gasteiger partial charge in [0, 0.05) is 57.8 Å². The molecule has 4 rings (SSSR count). The van der Waals surface area contributed by atoms with E-state index in [0.717, 1.165) is 24.1 Å². The first kappa shape index (κ1) is 23.3. The molecule has 0 unspecified atom stereocenters. The Morgan fingerprint density at radius 3 is 2.70 bits per heavy atom. The molecular formula is C25H34N4O4. The molecule has 0 aromatic heterocycles. The number of hydrogen-bond acceptors (Lipinski definition) is 5. The van der Waals surface area contributed by atoms with Crippen molar-refractivity contribution >= 4 is 18.2 Å². The Kier molecular flexibility index (Phi) is 7.65. The summed E-state index contributed by atoms with van der Waals surface area (Å²) in [5.74, 6) is 1.42. The molecule has 178 valence electrons. The summed E-state index contributed by atoms with van der Waals surface area (Å²) in [7, 11) is 1.96. The molecule has 1 aromatic rings. The summed E-state index contributed by atoms with van der Waals surface area (Å²) in [5, 5.41) is 0. The highest BCUT2D eigenvalue weighted by atomic mass is 16.5. The topological polar surface area (TPSA) is 73.4 Å². The highest BCUT2D eigenvalue weighted by Crippen LogP contribution is 2.29. The SMILES string of the molecule is CN1CC(=O)N2CC[C@@H](CC(=O)N3CCN(C=O)CC3)[C@@H](/C=C/COc3ccccc3C1)C2. The molecule has 1 aromatic carbocycles. The smallest absolute Gasteiger partial charge is 0.236 e. The van der Waals surface area contributed by atoms with Crippen molar-refractivity contribution in [2.75, 3.05) is 59.5 Å². The number of benzene rings is 1. The van der Waals surface area contributed by atoms with Crippen molar-refractivity contribution < 1.29 is 19.1 Å². The second-order valence-electron chi connectivity index (χ2n) is 9.30. The van der Waals surface area contributed by atoms with Crippen molar-refractivity contribution in [3.05, 3.63) is 42.0 Å². The van der Waals surface area contributed by atoms with Gasteiger partial charge in [-0.05, 0) is 31.4 Å². The minimum Gasteiger partial charge on any atom is -0.489 e. The second kappa shape index (κ2) is 10.8. The Bertz CT molecular complexity index is 881. The van der Waals surface area contributed by atoms with E-state index in [0.29, 0.717) is 65.4 Å². The van der Waals surface area contributed by atoms with E-state index in [1.54, 1.807) is 4.90 Å². The highest BCUT2D eigenvalue weighted by molar-refractivity contribution is 5.79. The number of amides is 3. The second-order valence-corrected chi connectivity index (χ2v) is 9.30. The molecule has 3 heterocycles. The molecule has 8 heteroatoms. The lowest BCUT2D eigenvalue weighted by atomic mass is 9.82. The first-order chi connectivity index (χ1) is 16.0. The normalized spacial score (nSPS) is 25.7. The van der Waals surface area contributed by atoms with Crippen molar-refractivity contribution in [2.24, 2.45) is 11.8 Å². The number of carbonyl (C=O) groups is 3. The molecule has 3 aliphatic heterocycles. The number of nitrogens with zero attached hydrogens (tertiary/aromatic N) is 4. The summed E-state index contributed by atoms with van der Waals surface area (Å²) >= 11 is 0. The van der Waals surface area contributed by atoms with E-state index in [1.807, 2.05) is 52.1 Å². The van der Waals surface area contributed by atoms with Gasteiger partial charge in [-0.3, -0.25) is 19.3 Å². The fourth-order valence-electron chi connectivity index (χ4n) is 4.98. The summed E-state index contributed by atoms with van der Waals surface area (Å²) in [5.41, 5.74) is 1.07. The zero-order valence-corrected chi connectivity index (χ0v) is 19.4. The number of carbonyl (C=O) groups excluding carboxylic acids is 3. The van der Waals surface area contributed by atoms with Crippen LogP contribution in [0.3, 0.4) is 0 Å². The van der Waals surface area contributed by atoms with Crippen LogP contribution >= 0.6 is 0 Å². The van der Waals surface area contributed by atoms with Gasteiger partial charge in [-0.25, -0.2) is 0 Å². The van der Waals surface area contributed by atoms with E-state index in [-0.39, 0.29) is 23.7 Å². The minimum atomic E-state index is 0.118. The van der Waals surface area contributed by atoms with Crippen molar-refractivity contribution in [3.8, 4) is 5.75 Å². The lowest BCUT2D eigenvalue weighted by Gasteiger charge is -2.39. The van der Waals surface area contributed by atoms with Crippen molar-refractivity contribution in [3.63, 3.8) is 0 Å². The maximum Gasteiger partial charge on any atom is 0.236 e. The van der Waals surface area contributed by atoms with Gasteiger partial charge in [0.25, 0.3) is 0 Å². The van der Waals surface area contributed by atoms with E-state index in [9.17, 15) is 14.4 Å². The van der Waals surface area contributed by atoms with Gasteiger partial charge in [-0.15, -0.1) is 0 Å².